The van der Waals surface area contributed by atoms with Crippen molar-refractivity contribution in [3.63, 3.8) is 0 Å². The molecule has 3 rings (SSSR count). The number of nitrogens with zero attached hydrogens (tertiary/aromatic N) is 2. The predicted octanol–water partition coefficient (Wildman–Crippen LogP) is 3.46. The molecule has 5 nitrogen and oxygen atoms in total. The fourth-order valence-electron chi connectivity index (χ4n) is 2.54. The molecule has 0 aromatic carbocycles. The van der Waals surface area contributed by atoms with Crippen molar-refractivity contribution in [1.29, 1.82) is 0 Å². The third-order valence-electron chi connectivity index (χ3n) is 3.59. The van der Waals surface area contributed by atoms with Crippen LogP contribution in [0.4, 0.5) is 0 Å². The molecule has 6 heteroatoms. The first-order chi connectivity index (χ1) is 10.2. The summed E-state index contributed by atoms with van der Waals surface area (Å²) in [6.07, 6.45) is 7.14. The third kappa shape index (κ3) is 3.50. The lowest BCUT2D eigenvalue weighted by Gasteiger charge is -2.07. The van der Waals surface area contributed by atoms with Crippen LogP contribution in [0, 0.1) is 6.92 Å². The van der Waals surface area contributed by atoms with Gasteiger partial charge in [-0.05, 0) is 44.2 Å². The molecule has 0 bridgehead atoms. The Hall–Kier alpha value is -1.69. The van der Waals surface area contributed by atoms with Gasteiger partial charge in [0, 0.05) is 4.88 Å². The Morgan fingerprint density at radius 1 is 1.33 bits per heavy atom. The minimum absolute atomic E-state index is 0.0300. The standard InChI is InChI=1S/C15H18N2O3S/c1-10-16-14(20-17-10)9-19-15(18)13-8-11-6-4-2-3-5-7-12(11)21-13/h8H,2-7,9H2,1H3. The van der Waals surface area contributed by atoms with Gasteiger partial charge in [-0.1, -0.05) is 18.0 Å². The molecule has 0 radical (unpaired) electrons. The maximum atomic E-state index is 12.1. The van der Waals surface area contributed by atoms with Crippen LogP contribution >= 0.6 is 11.3 Å². The maximum absolute atomic E-state index is 12.1. The second-order valence-corrected chi connectivity index (χ2v) is 6.42. The van der Waals surface area contributed by atoms with Crippen LogP contribution in [0.5, 0.6) is 0 Å². The first-order valence-electron chi connectivity index (χ1n) is 7.30. The SMILES string of the molecule is Cc1noc(COC(=O)c2cc3c(s2)CCCCCC3)n1. The largest absolute Gasteiger partial charge is 0.451 e. The average molecular weight is 306 g/mol. The van der Waals surface area contributed by atoms with Crippen molar-refractivity contribution >= 4 is 17.3 Å². The van der Waals surface area contributed by atoms with Crippen molar-refractivity contribution in [2.24, 2.45) is 0 Å². The number of carbonyl (C=O) groups excluding carboxylic acids is 1. The second kappa shape index (κ2) is 6.39. The molecular weight excluding hydrogens is 288 g/mol. The number of rotatable bonds is 3. The number of fused-ring (bicyclic) bond motifs is 1. The van der Waals surface area contributed by atoms with Crippen LogP contribution in [-0.2, 0) is 24.2 Å². The quantitative estimate of drug-likeness (QED) is 0.813. The van der Waals surface area contributed by atoms with Crippen LogP contribution in [0.3, 0.4) is 0 Å². The fourth-order valence-corrected chi connectivity index (χ4v) is 3.69. The summed E-state index contributed by atoms with van der Waals surface area (Å²) in [6.45, 7) is 1.76. The van der Waals surface area contributed by atoms with Crippen molar-refractivity contribution in [1.82, 2.24) is 10.1 Å². The van der Waals surface area contributed by atoms with Crippen LogP contribution < -0.4 is 0 Å². The highest BCUT2D eigenvalue weighted by Gasteiger charge is 2.17. The van der Waals surface area contributed by atoms with Crippen LogP contribution in [0.25, 0.3) is 0 Å². The van der Waals surface area contributed by atoms with Crippen LogP contribution in [0.15, 0.2) is 10.6 Å². The Morgan fingerprint density at radius 2 is 2.14 bits per heavy atom. The van der Waals surface area contributed by atoms with E-state index in [1.165, 1.54) is 36.1 Å². The number of hydrogen-bond donors (Lipinski definition) is 0. The van der Waals surface area contributed by atoms with Gasteiger partial charge in [0.05, 0.1) is 0 Å². The molecule has 1 aliphatic rings. The lowest BCUT2D eigenvalue weighted by molar-refractivity contribution is 0.0435. The van der Waals surface area contributed by atoms with E-state index >= 15 is 0 Å². The number of hydrogen-bond acceptors (Lipinski definition) is 6. The van der Waals surface area contributed by atoms with Gasteiger partial charge in [-0.3, -0.25) is 0 Å². The van der Waals surface area contributed by atoms with E-state index in [1.54, 1.807) is 18.3 Å². The molecule has 0 amide bonds. The number of aryl methyl sites for hydroxylation is 3. The molecular formula is C15H18N2O3S. The summed E-state index contributed by atoms with van der Waals surface area (Å²) in [5.74, 6) is 0.568. The number of thiophene rings is 1. The summed E-state index contributed by atoms with van der Waals surface area (Å²) in [7, 11) is 0. The van der Waals surface area contributed by atoms with Crippen LogP contribution in [-0.4, -0.2) is 16.1 Å². The van der Waals surface area contributed by atoms with Crippen LogP contribution in [0.1, 0.15) is 57.5 Å². The zero-order valence-electron chi connectivity index (χ0n) is 12.1. The van der Waals surface area contributed by atoms with Gasteiger partial charge in [-0.2, -0.15) is 4.98 Å². The first-order valence-corrected chi connectivity index (χ1v) is 8.12. The minimum Gasteiger partial charge on any atom is -0.451 e. The molecule has 0 saturated carbocycles. The summed E-state index contributed by atoms with van der Waals surface area (Å²) < 4.78 is 10.2. The molecule has 0 N–H and O–H groups in total. The number of ether oxygens (including phenoxy) is 1. The Morgan fingerprint density at radius 3 is 2.90 bits per heavy atom. The second-order valence-electron chi connectivity index (χ2n) is 5.28. The summed E-state index contributed by atoms with van der Waals surface area (Å²) in [5, 5.41) is 3.67. The maximum Gasteiger partial charge on any atom is 0.348 e. The molecule has 0 atom stereocenters. The molecule has 0 saturated heterocycles. The van der Waals surface area contributed by atoms with Crippen molar-refractivity contribution in [3.8, 4) is 0 Å². The van der Waals surface area contributed by atoms with Gasteiger partial charge in [-0.15, -0.1) is 11.3 Å². The lowest BCUT2D eigenvalue weighted by atomic mass is 10.00. The van der Waals surface area contributed by atoms with Crippen LogP contribution in [0.2, 0.25) is 0 Å². The van der Waals surface area contributed by atoms with Gasteiger partial charge in [0.15, 0.2) is 12.4 Å². The van der Waals surface area contributed by atoms with E-state index in [4.69, 9.17) is 9.26 Å². The highest BCUT2D eigenvalue weighted by molar-refractivity contribution is 7.14. The Balaban J connectivity index is 1.65. The van der Waals surface area contributed by atoms with E-state index in [9.17, 15) is 4.79 Å². The molecule has 0 fully saturated rings. The zero-order chi connectivity index (χ0) is 14.7. The Bertz CT molecular complexity index is 607. The Kier molecular flexibility index (Phi) is 4.34. The molecule has 0 aliphatic heterocycles. The van der Waals surface area contributed by atoms with Gasteiger partial charge in [-0.25, -0.2) is 4.79 Å². The number of aromatic nitrogens is 2. The van der Waals surface area contributed by atoms with E-state index in [0.717, 1.165) is 12.8 Å². The lowest BCUT2D eigenvalue weighted by Crippen LogP contribution is -2.03. The summed E-state index contributed by atoms with van der Waals surface area (Å²) in [6, 6.07) is 1.99. The third-order valence-corrected chi connectivity index (χ3v) is 4.81. The van der Waals surface area contributed by atoms with Gasteiger partial charge in [0.1, 0.15) is 4.88 Å². The van der Waals surface area contributed by atoms with Gasteiger partial charge in [0.25, 0.3) is 5.89 Å². The van der Waals surface area contributed by atoms with E-state index in [0.29, 0.717) is 16.6 Å². The van der Waals surface area contributed by atoms with Gasteiger partial charge in [0.2, 0.25) is 0 Å². The smallest absolute Gasteiger partial charge is 0.348 e. The van der Waals surface area contributed by atoms with Crippen molar-refractivity contribution in [2.75, 3.05) is 0 Å². The molecule has 1 aliphatic carbocycles. The highest BCUT2D eigenvalue weighted by atomic mass is 32.1. The van der Waals surface area contributed by atoms with Crippen molar-refractivity contribution in [3.05, 3.63) is 33.1 Å². The molecule has 2 aromatic heterocycles. The molecule has 2 aromatic rings. The zero-order valence-corrected chi connectivity index (χ0v) is 12.9. The normalized spacial score (nSPS) is 15.1. The van der Waals surface area contributed by atoms with E-state index in [-0.39, 0.29) is 12.6 Å². The van der Waals surface area contributed by atoms with Gasteiger partial charge >= 0.3 is 5.97 Å². The number of esters is 1. The average Bonchev–Trinajstić information content (AvgIpc) is 3.03. The molecule has 0 unspecified atom stereocenters. The predicted molar refractivity (Wildman–Crippen MR) is 78.3 cm³/mol. The minimum atomic E-state index is -0.303. The van der Waals surface area contributed by atoms with E-state index in [2.05, 4.69) is 10.1 Å². The molecule has 0 spiro atoms. The topological polar surface area (TPSA) is 65.2 Å². The summed E-state index contributed by atoms with van der Waals surface area (Å²) in [4.78, 5) is 18.1. The Labute approximate surface area is 127 Å². The van der Waals surface area contributed by atoms with Crippen molar-refractivity contribution in [2.45, 2.75) is 52.1 Å². The molecule has 2 heterocycles. The van der Waals surface area contributed by atoms with E-state index in [1.807, 2.05) is 6.07 Å². The fraction of sp³-hybridized carbons (Fsp3) is 0.533. The highest BCUT2D eigenvalue weighted by Crippen LogP contribution is 2.29. The summed E-state index contributed by atoms with van der Waals surface area (Å²) >= 11 is 1.57. The van der Waals surface area contributed by atoms with Gasteiger partial charge < -0.3 is 9.26 Å². The van der Waals surface area contributed by atoms with Crippen molar-refractivity contribution < 1.29 is 14.1 Å². The number of carbonyl (C=O) groups is 1. The van der Waals surface area contributed by atoms with E-state index < -0.39 is 0 Å². The molecule has 112 valence electrons. The summed E-state index contributed by atoms with van der Waals surface area (Å²) in [5.41, 5.74) is 1.32. The monoisotopic (exact) mass is 306 g/mol. The molecule has 21 heavy (non-hydrogen) atoms. The first kappa shape index (κ1) is 14.3.